The van der Waals surface area contributed by atoms with Crippen LogP contribution in [0, 0.1) is 0 Å². The summed E-state index contributed by atoms with van der Waals surface area (Å²) in [6.45, 7) is 3.02. The van der Waals surface area contributed by atoms with E-state index < -0.39 is 6.36 Å². The Morgan fingerprint density at radius 1 is 1.42 bits per heavy atom. The Balaban J connectivity index is 1.68. The number of aromatic amines is 1. The van der Waals surface area contributed by atoms with Crippen molar-refractivity contribution in [2.24, 2.45) is 0 Å². The number of aromatic nitrogens is 3. The van der Waals surface area contributed by atoms with Gasteiger partial charge in [-0.25, -0.2) is 9.89 Å². The Morgan fingerprint density at radius 2 is 2.15 bits per heavy atom. The van der Waals surface area contributed by atoms with E-state index in [1.807, 2.05) is 6.92 Å². The third-order valence-electron chi connectivity index (χ3n) is 4.00. The first kappa shape index (κ1) is 18.8. The second kappa shape index (κ2) is 7.75. The highest BCUT2D eigenvalue weighted by molar-refractivity contribution is 7.99. The molecule has 3 rings (SSSR count). The minimum Gasteiger partial charge on any atom is -0.406 e. The zero-order valence-electron chi connectivity index (χ0n) is 14.0. The lowest BCUT2D eigenvalue weighted by atomic mass is 10.2. The van der Waals surface area contributed by atoms with Crippen LogP contribution >= 0.6 is 11.8 Å². The van der Waals surface area contributed by atoms with Gasteiger partial charge in [-0.15, -0.1) is 18.3 Å². The van der Waals surface area contributed by atoms with Crippen molar-refractivity contribution in [1.82, 2.24) is 14.8 Å². The highest BCUT2D eigenvalue weighted by atomic mass is 32.2. The number of halogens is 3. The van der Waals surface area contributed by atoms with Gasteiger partial charge in [-0.3, -0.25) is 4.57 Å². The zero-order valence-corrected chi connectivity index (χ0v) is 14.8. The number of benzene rings is 1. The average molecular weight is 389 g/mol. The van der Waals surface area contributed by atoms with Crippen molar-refractivity contribution in [1.29, 1.82) is 0 Å². The number of H-pyrrole nitrogens is 1. The summed E-state index contributed by atoms with van der Waals surface area (Å²) >= 11 is 1.35. The SMILES string of the molecule is CC(Sc1n[nH]c(=O)n1CC1CCCO1)c1ccc(OC(F)(F)F)cc1. The number of rotatable bonds is 6. The fourth-order valence-corrected chi connectivity index (χ4v) is 3.71. The first-order chi connectivity index (χ1) is 12.3. The molecule has 1 aliphatic rings. The Labute approximate surface area is 151 Å². The molecule has 0 aliphatic carbocycles. The maximum atomic E-state index is 12.2. The van der Waals surface area contributed by atoms with Gasteiger partial charge in [0, 0.05) is 11.9 Å². The van der Waals surface area contributed by atoms with Gasteiger partial charge < -0.3 is 9.47 Å². The van der Waals surface area contributed by atoms with E-state index in [1.54, 1.807) is 12.1 Å². The van der Waals surface area contributed by atoms with Gasteiger partial charge >= 0.3 is 12.1 Å². The van der Waals surface area contributed by atoms with E-state index in [-0.39, 0.29) is 22.8 Å². The lowest BCUT2D eigenvalue weighted by molar-refractivity contribution is -0.274. The number of thioether (sulfide) groups is 1. The van der Waals surface area contributed by atoms with Crippen LogP contribution in [-0.2, 0) is 11.3 Å². The summed E-state index contributed by atoms with van der Waals surface area (Å²) < 4.78 is 47.6. The molecule has 0 amide bonds. The van der Waals surface area contributed by atoms with E-state index in [0.29, 0.717) is 18.3 Å². The molecule has 1 aliphatic heterocycles. The Kier molecular flexibility index (Phi) is 5.61. The van der Waals surface area contributed by atoms with Gasteiger partial charge in [0.25, 0.3) is 0 Å². The van der Waals surface area contributed by atoms with Gasteiger partial charge in [0.05, 0.1) is 12.6 Å². The van der Waals surface area contributed by atoms with Crippen LogP contribution in [-0.4, -0.2) is 33.8 Å². The second-order valence-corrected chi connectivity index (χ2v) is 7.24. The quantitative estimate of drug-likeness (QED) is 0.766. The third kappa shape index (κ3) is 4.82. The van der Waals surface area contributed by atoms with Crippen molar-refractivity contribution in [2.45, 2.75) is 49.2 Å². The smallest absolute Gasteiger partial charge is 0.406 e. The number of ether oxygens (including phenoxy) is 2. The third-order valence-corrected chi connectivity index (χ3v) is 5.15. The van der Waals surface area contributed by atoms with Gasteiger partial charge in [-0.1, -0.05) is 23.9 Å². The highest BCUT2D eigenvalue weighted by Gasteiger charge is 2.31. The Morgan fingerprint density at radius 3 is 2.77 bits per heavy atom. The van der Waals surface area contributed by atoms with Gasteiger partial charge in [0.15, 0.2) is 5.16 Å². The lowest BCUT2D eigenvalue weighted by Gasteiger charge is -2.15. The minimum absolute atomic E-state index is 0.00115. The monoisotopic (exact) mass is 389 g/mol. The molecular weight excluding hydrogens is 371 g/mol. The van der Waals surface area contributed by atoms with Gasteiger partial charge in [0.2, 0.25) is 0 Å². The van der Waals surface area contributed by atoms with Crippen molar-refractivity contribution in [3.05, 3.63) is 40.3 Å². The van der Waals surface area contributed by atoms with Crippen molar-refractivity contribution in [3.63, 3.8) is 0 Å². The van der Waals surface area contributed by atoms with Crippen molar-refractivity contribution >= 4 is 11.8 Å². The summed E-state index contributed by atoms with van der Waals surface area (Å²) in [7, 11) is 0. The molecule has 2 heterocycles. The summed E-state index contributed by atoms with van der Waals surface area (Å²) in [4.78, 5) is 12.0. The molecule has 6 nitrogen and oxygen atoms in total. The van der Waals surface area contributed by atoms with Crippen molar-refractivity contribution in [3.8, 4) is 5.75 Å². The molecule has 26 heavy (non-hydrogen) atoms. The molecule has 1 aromatic heterocycles. The Hall–Kier alpha value is -1.94. The van der Waals surface area contributed by atoms with Gasteiger partial charge in [-0.05, 0) is 37.5 Å². The highest BCUT2D eigenvalue weighted by Crippen LogP contribution is 2.34. The molecule has 0 saturated carbocycles. The van der Waals surface area contributed by atoms with E-state index in [0.717, 1.165) is 18.4 Å². The van der Waals surface area contributed by atoms with Crippen LogP contribution in [0.1, 0.15) is 30.6 Å². The summed E-state index contributed by atoms with van der Waals surface area (Å²) in [6.07, 6.45) is -2.84. The standard InChI is InChI=1S/C16H18F3N3O3S/c1-10(11-4-6-12(7-5-11)25-16(17,18)19)26-15-21-20-14(23)22(15)9-13-3-2-8-24-13/h4-7,10,13H,2-3,8-9H2,1H3,(H,20,23). The molecule has 2 unspecified atom stereocenters. The normalized spacial score (nSPS) is 18.8. The minimum atomic E-state index is -4.71. The van der Waals surface area contributed by atoms with Crippen LogP contribution < -0.4 is 10.4 Å². The van der Waals surface area contributed by atoms with Gasteiger partial charge in [-0.2, -0.15) is 0 Å². The number of hydrogen-bond acceptors (Lipinski definition) is 5. The van der Waals surface area contributed by atoms with Crippen LogP contribution in [0.15, 0.2) is 34.2 Å². The van der Waals surface area contributed by atoms with Crippen molar-refractivity contribution in [2.75, 3.05) is 6.61 Å². The molecule has 10 heteroatoms. The fraction of sp³-hybridized carbons (Fsp3) is 0.500. The van der Waals surface area contributed by atoms with Crippen molar-refractivity contribution < 1.29 is 22.6 Å². The molecule has 142 valence electrons. The molecule has 2 aromatic rings. The predicted molar refractivity (Wildman–Crippen MR) is 89.2 cm³/mol. The summed E-state index contributed by atoms with van der Waals surface area (Å²) in [6, 6.07) is 5.66. The second-order valence-electron chi connectivity index (χ2n) is 5.93. The first-order valence-corrected chi connectivity index (χ1v) is 8.99. The van der Waals surface area contributed by atoms with Crippen LogP contribution in [0.2, 0.25) is 0 Å². The fourth-order valence-electron chi connectivity index (χ4n) is 2.71. The molecular formula is C16H18F3N3O3S. The molecule has 1 fully saturated rings. The van der Waals surface area contributed by atoms with E-state index >= 15 is 0 Å². The van der Waals surface area contributed by atoms with Crippen LogP contribution in [0.25, 0.3) is 0 Å². The summed E-state index contributed by atoms with van der Waals surface area (Å²) in [5, 5.41) is 6.89. The maximum absolute atomic E-state index is 12.2. The average Bonchev–Trinajstić information content (AvgIpc) is 3.19. The van der Waals surface area contributed by atoms with Crippen LogP contribution in [0.4, 0.5) is 13.2 Å². The number of nitrogens with zero attached hydrogens (tertiary/aromatic N) is 2. The molecule has 0 bridgehead atoms. The number of hydrogen-bond donors (Lipinski definition) is 1. The van der Waals surface area contributed by atoms with Gasteiger partial charge in [0.1, 0.15) is 5.75 Å². The predicted octanol–water partition coefficient (Wildman–Crippen LogP) is 3.50. The lowest BCUT2D eigenvalue weighted by Crippen LogP contribution is -2.25. The maximum Gasteiger partial charge on any atom is 0.573 e. The number of alkyl halides is 3. The molecule has 1 N–H and O–H groups in total. The van der Waals surface area contributed by atoms with E-state index in [9.17, 15) is 18.0 Å². The van der Waals surface area contributed by atoms with Crippen LogP contribution in [0.5, 0.6) is 5.75 Å². The molecule has 1 saturated heterocycles. The van der Waals surface area contributed by atoms with E-state index in [1.165, 1.54) is 28.5 Å². The summed E-state index contributed by atoms with van der Waals surface area (Å²) in [5.41, 5.74) is 0.493. The molecule has 2 atom stereocenters. The largest absolute Gasteiger partial charge is 0.573 e. The molecule has 0 radical (unpaired) electrons. The summed E-state index contributed by atoms with van der Waals surface area (Å²) in [5.74, 6) is -0.270. The number of nitrogens with one attached hydrogen (secondary N) is 1. The topological polar surface area (TPSA) is 69.1 Å². The first-order valence-electron chi connectivity index (χ1n) is 8.11. The van der Waals surface area contributed by atoms with E-state index in [4.69, 9.17) is 4.74 Å². The van der Waals surface area contributed by atoms with Crippen LogP contribution in [0.3, 0.4) is 0 Å². The zero-order chi connectivity index (χ0) is 18.7. The molecule has 0 spiro atoms. The Bertz CT molecular complexity index is 783. The van der Waals surface area contributed by atoms with E-state index in [2.05, 4.69) is 14.9 Å². The molecule has 1 aromatic carbocycles.